The van der Waals surface area contributed by atoms with Gasteiger partial charge in [0.15, 0.2) is 8.32 Å². The van der Waals surface area contributed by atoms with Crippen LogP contribution in [0.4, 0.5) is 11.4 Å². The third-order valence-corrected chi connectivity index (χ3v) is 11.3. The Labute approximate surface area is 197 Å². The maximum absolute atomic E-state index is 12.9. The molecule has 1 N–H and O–H groups in total. The largest absolute Gasteiger partial charge is 0.414 e. The molecular formula is C25H34N4O3Si. The van der Waals surface area contributed by atoms with Crippen molar-refractivity contribution in [3.63, 3.8) is 0 Å². The molecule has 2 heterocycles. The summed E-state index contributed by atoms with van der Waals surface area (Å²) in [4.78, 5) is 27.5. The number of hydrogen-bond acceptors (Lipinski definition) is 5. The predicted molar refractivity (Wildman–Crippen MR) is 134 cm³/mol. The molecule has 1 aliphatic rings. The van der Waals surface area contributed by atoms with E-state index in [4.69, 9.17) is 4.43 Å². The molecule has 0 bridgehead atoms. The van der Waals surface area contributed by atoms with Crippen molar-refractivity contribution in [3.8, 4) is 6.07 Å². The molecule has 1 aliphatic heterocycles. The smallest absolute Gasteiger partial charge is 0.263 e. The summed E-state index contributed by atoms with van der Waals surface area (Å²) in [5, 5.41) is 12.4. The van der Waals surface area contributed by atoms with Gasteiger partial charge in [-0.05, 0) is 61.3 Å². The Morgan fingerprint density at radius 2 is 1.88 bits per heavy atom. The maximum atomic E-state index is 12.9. The number of nitriles is 1. The highest BCUT2D eigenvalue weighted by atomic mass is 28.4. The van der Waals surface area contributed by atoms with Crippen LogP contribution in [0.2, 0.25) is 18.1 Å². The fraction of sp³-hybridized carbons (Fsp3) is 0.480. The number of aromatic nitrogens is 1. The van der Waals surface area contributed by atoms with E-state index in [1.165, 1.54) is 10.6 Å². The molecule has 0 saturated carbocycles. The number of rotatable bonds is 5. The number of pyridine rings is 1. The van der Waals surface area contributed by atoms with Crippen molar-refractivity contribution in [1.29, 1.82) is 5.26 Å². The normalized spacial score (nSPS) is 15.2. The minimum atomic E-state index is -1.83. The average Bonchev–Trinajstić information content (AvgIpc) is 2.75. The number of carbonyl (C=O) groups excluding carboxylic acids is 1. The van der Waals surface area contributed by atoms with E-state index < -0.39 is 14.2 Å². The lowest BCUT2D eigenvalue weighted by Crippen LogP contribution is -2.47. The SMILES string of the molecule is Cn1cccc(C(=O)Nc2cc(C#N)ccc2N2CCC(O[Si](C)(C)C(C)(C)C)CC2)c1=O. The summed E-state index contributed by atoms with van der Waals surface area (Å²) in [6.45, 7) is 12.9. The highest BCUT2D eigenvalue weighted by molar-refractivity contribution is 6.74. The van der Waals surface area contributed by atoms with Gasteiger partial charge in [-0.3, -0.25) is 9.59 Å². The number of anilines is 2. The van der Waals surface area contributed by atoms with Gasteiger partial charge in [0.2, 0.25) is 0 Å². The van der Waals surface area contributed by atoms with Gasteiger partial charge < -0.3 is 19.2 Å². The lowest BCUT2D eigenvalue weighted by molar-refractivity contribution is 0.102. The number of piperidine rings is 1. The third kappa shape index (κ3) is 5.54. The number of aryl methyl sites for hydroxylation is 1. The minimum absolute atomic E-state index is 0.0646. The van der Waals surface area contributed by atoms with E-state index in [0.29, 0.717) is 11.3 Å². The Hall–Kier alpha value is -2.89. The minimum Gasteiger partial charge on any atom is -0.414 e. The zero-order chi connectivity index (χ0) is 24.4. The van der Waals surface area contributed by atoms with Crippen molar-refractivity contribution in [3.05, 3.63) is 58.0 Å². The van der Waals surface area contributed by atoms with Gasteiger partial charge in [-0.25, -0.2) is 0 Å². The summed E-state index contributed by atoms with van der Waals surface area (Å²) in [7, 11) is -0.221. The van der Waals surface area contributed by atoms with Crippen LogP contribution in [0.25, 0.3) is 0 Å². The molecule has 3 rings (SSSR count). The zero-order valence-corrected chi connectivity index (χ0v) is 21.4. The summed E-state index contributed by atoms with van der Waals surface area (Å²) in [5.41, 5.74) is 1.53. The monoisotopic (exact) mass is 466 g/mol. The average molecular weight is 467 g/mol. The third-order valence-electron chi connectivity index (χ3n) is 6.79. The van der Waals surface area contributed by atoms with Gasteiger partial charge in [0.1, 0.15) is 5.56 Å². The number of benzene rings is 1. The Kier molecular flexibility index (Phi) is 7.15. The molecule has 0 spiro atoms. The topological polar surface area (TPSA) is 87.4 Å². The van der Waals surface area contributed by atoms with Crippen LogP contribution in [0.1, 0.15) is 49.5 Å². The quantitative estimate of drug-likeness (QED) is 0.656. The highest BCUT2D eigenvalue weighted by Gasteiger charge is 2.39. The molecule has 33 heavy (non-hydrogen) atoms. The summed E-state index contributed by atoms with van der Waals surface area (Å²) < 4.78 is 7.97. The molecular weight excluding hydrogens is 432 g/mol. The number of nitrogens with one attached hydrogen (secondary N) is 1. The first-order valence-corrected chi connectivity index (χ1v) is 14.3. The lowest BCUT2D eigenvalue weighted by atomic mass is 10.1. The predicted octanol–water partition coefficient (Wildman–Crippen LogP) is 4.50. The van der Waals surface area contributed by atoms with Crippen LogP contribution in [0.5, 0.6) is 0 Å². The van der Waals surface area contributed by atoms with Gasteiger partial charge in [0, 0.05) is 32.4 Å². The fourth-order valence-electron chi connectivity index (χ4n) is 3.75. The van der Waals surface area contributed by atoms with Crippen LogP contribution in [-0.4, -0.2) is 38.0 Å². The second-order valence-electron chi connectivity index (χ2n) is 10.2. The van der Waals surface area contributed by atoms with E-state index in [9.17, 15) is 14.9 Å². The van der Waals surface area contributed by atoms with Crippen molar-refractivity contribution in [2.75, 3.05) is 23.3 Å². The molecule has 1 fully saturated rings. The molecule has 0 atom stereocenters. The molecule has 1 amide bonds. The van der Waals surface area contributed by atoms with Crippen LogP contribution in [0, 0.1) is 11.3 Å². The Balaban J connectivity index is 1.78. The van der Waals surface area contributed by atoms with Crippen LogP contribution in [0.15, 0.2) is 41.3 Å². The van der Waals surface area contributed by atoms with Crippen LogP contribution < -0.4 is 15.8 Å². The zero-order valence-electron chi connectivity index (χ0n) is 20.4. The van der Waals surface area contributed by atoms with Gasteiger partial charge in [-0.2, -0.15) is 5.26 Å². The highest BCUT2D eigenvalue weighted by Crippen LogP contribution is 2.39. The van der Waals surface area contributed by atoms with E-state index in [0.717, 1.165) is 31.6 Å². The molecule has 0 unspecified atom stereocenters. The lowest BCUT2D eigenvalue weighted by Gasteiger charge is -2.42. The van der Waals surface area contributed by atoms with Gasteiger partial charge in [0.05, 0.1) is 23.0 Å². The fourth-order valence-corrected chi connectivity index (χ4v) is 5.17. The van der Waals surface area contributed by atoms with E-state index in [-0.39, 0.29) is 22.3 Å². The standard InChI is InChI=1S/C25H34N4O3Si/c1-25(2,3)33(5,6)32-19-11-14-29(15-12-19)22-10-9-18(17-26)16-21(22)27-23(30)20-8-7-13-28(4)24(20)31/h7-10,13,16,19H,11-12,14-15H2,1-6H3,(H,27,30). The molecule has 1 aromatic carbocycles. The molecule has 1 aromatic heterocycles. The number of amides is 1. The van der Waals surface area contributed by atoms with Crippen molar-refractivity contribution < 1.29 is 9.22 Å². The summed E-state index contributed by atoms with van der Waals surface area (Å²) in [6, 6.07) is 10.6. The Morgan fingerprint density at radius 1 is 1.21 bits per heavy atom. The second kappa shape index (κ2) is 9.54. The molecule has 7 nitrogen and oxygen atoms in total. The molecule has 176 valence electrons. The van der Waals surface area contributed by atoms with Crippen LogP contribution >= 0.6 is 0 Å². The Morgan fingerprint density at radius 3 is 2.48 bits per heavy atom. The van der Waals surface area contributed by atoms with Gasteiger partial charge in [-0.1, -0.05) is 20.8 Å². The van der Waals surface area contributed by atoms with Crippen molar-refractivity contribution in [1.82, 2.24) is 4.57 Å². The van der Waals surface area contributed by atoms with Crippen LogP contribution in [-0.2, 0) is 11.5 Å². The van der Waals surface area contributed by atoms with E-state index in [1.54, 1.807) is 31.4 Å². The molecule has 0 aliphatic carbocycles. The van der Waals surface area contributed by atoms with Crippen molar-refractivity contribution >= 4 is 25.6 Å². The molecule has 2 aromatic rings. The first-order valence-electron chi connectivity index (χ1n) is 11.4. The van der Waals surface area contributed by atoms with E-state index in [1.807, 2.05) is 6.07 Å². The van der Waals surface area contributed by atoms with Crippen LogP contribution in [0.3, 0.4) is 0 Å². The first-order chi connectivity index (χ1) is 15.4. The number of nitrogens with zero attached hydrogens (tertiary/aromatic N) is 3. The Bertz CT molecular complexity index is 1120. The maximum Gasteiger partial charge on any atom is 0.263 e. The summed E-state index contributed by atoms with van der Waals surface area (Å²) in [5.74, 6) is -0.483. The van der Waals surface area contributed by atoms with Crippen molar-refractivity contribution in [2.24, 2.45) is 7.05 Å². The summed E-state index contributed by atoms with van der Waals surface area (Å²) >= 11 is 0. The van der Waals surface area contributed by atoms with Gasteiger partial charge in [0.25, 0.3) is 11.5 Å². The van der Waals surface area contributed by atoms with E-state index >= 15 is 0 Å². The van der Waals surface area contributed by atoms with Crippen molar-refractivity contribution in [2.45, 2.75) is 57.8 Å². The summed E-state index contributed by atoms with van der Waals surface area (Å²) in [6.07, 6.45) is 3.64. The number of hydrogen-bond donors (Lipinski definition) is 1. The van der Waals surface area contributed by atoms with Gasteiger partial charge in [-0.15, -0.1) is 0 Å². The second-order valence-corrected chi connectivity index (χ2v) is 15.0. The first kappa shape index (κ1) is 24.7. The molecule has 8 heteroatoms. The number of carbonyl (C=O) groups is 1. The van der Waals surface area contributed by atoms with Gasteiger partial charge >= 0.3 is 0 Å². The van der Waals surface area contributed by atoms with E-state index in [2.05, 4.69) is 50.2 Å². The molecule has 1 saturated heterocycles. The molecule has 0 radical (unpaired) electrons.